The Bertz CT molecular complexity index is 865. The summed E-state index contributed by atoms with van der Waals surface area (Å²) in [5, 5.41) is 1.89. The number of pyridine rings is 1. The molecule has 1 aliphatic rings. The van der Waals surface area contributed by atoms with Gasteiger partial charge in [0.1, 0.15) is 0 Å². The number of aromatic nitrogens is 1. The third kappa shape index (κ3) is 1.96. The zero-order valence-corrected chi connectivity index (χ0v) is 12.9. The van der Waals surface area contributed by atoms with Gasteiger partial charge in [-0.25, -0.2) is 4.98 Å². The summed E-state index contributed by atoms with van der Waals surface area (Å²) in [6.45, 7) is 4.61. The second-order valence-electron chi connectivity index (χ2n) is 6.44. The van der Waals surface area contributed by atoms with Crippen molar-refractivity contribution < 1.29 is 0 Å². The maximum Gasteiger partial charge on any atom is 0.0744 e. The number of nitrogens with zero attached hydrogens (tertiary/aromatic N) is 1. The first-order valence-corrected chi connectivity index (χ1v) is 7.61. The van der Waals surface area contributed by atoms with E-state index in [4.69, 9.17) is 16.6 Å². The maximum atomic E-state index is 6.11. The van der Waals surface area contributed by atoms with Crippen LogP contribution in [0.1, 0.15) is 25.0 Å². The lowest BCUT2D eigenvalue weighted by Gasteiger charge is -2.33. The van der Waals surface area contributed by atoms with Gasteiger partial charge in [-0.3, -0.25) is 0 Å². The molecule has 1 heterocycles. The molecule has 0 fully saturated rings. The van der Waals surface area contributed by atoms with E-state index >= 15 is 0 Å². The molecule has 0 saturated heterocycles. The van der Waals surface area contributed by atoms with Gasteiger partial charge in [0.05, 0.1) is 11.2 Å². The Morgan fingerprint density at radius 3 is 2.71 bits per heavy atom. The van der Waals surface area contributed by atoms with Crippen molar-refractivity contribution in [2.24, 2.45) is 0 Å². The fraction of sp³-hybridized carbons (Fsp3) is 0.211. The Morgan fingerprint density at radius 2 is 1.86 bits per heavy atom. The number of hydrogen-bond acceptors (Lipinski definition) is 1. The summed E-state index contributed by atoms with van der Waals surface area (Å²) in [4.78, 5) is 4.91. The van der Waals surface area contributed by atoms with E-state index in [9.17, 15) is 0 Å². The van der Waals surface area contributed by atoms with E-state index in [1.807, 2.05) is 18.2 Å². The van der Waals surface area contributed by atoms with Crippen LogP contribution in [0.2, 0.25) is 5.02 Å². The molecule has 1 nitrogen and oxygen atoms in total. The zero-order valence-electron chi connectivity index (χ0n) is 12.2. The molecule has 0 atom stereocenters. The third-order valence-corrected chi connectivity index (χ3v) is 4.63. The van der Waals surface area contributed by atoms with Crippen molar-refractivity contribution in [3.05, 3.63) is 64.7 Å². The molecule has 0 saturated carbocycles. The molecule has 4 rings (SSSR count). The number of benzene rings is 2. The molecule has 0 amide bonds. The molecule has 1 aliphatic carbocycles. The van der Waals surface area contributed by atoms with Crippen LogP contribution in [-0.4, -0.2) is 4.98 Å². The minimum atomic E-state index is 0.136. The summed E-state index contributed by atoms with van der Waals surface area (Å²) >= 11 is 6.11. The van der Waals surface area contributed by atoms with Crippen LogP contribution in [0.5, 0.6) is 0 Å². The highest BCUT2D eigenvalue weighted by atomic mass is 35.5. The lowest BCUT2D eigenvalue weighted by atomic mass is 9.71. The Kier molecular flexibility index (Phi) is 2.64. The van der Waals surface area contributed by atoms with Crippen molar-refractivity contribution in [3.63, 3.8) is 0 Å². The second kappa shape index (κ2) is 4.32. The van der Waals surface area contributed by atoms with Gasteiger partial charge in [-0.15, -0.1) is 0 Å². The SMILES string of the molecule is CC1(C)Cc2cc3cc(Cl)ccc3nc2-c2ccccc21. The molecular formula is C19H16ClN. The first kappa shape index (κ1) is 12.8. The predicted molar refractivity (Wildman–Crippen MR) is 88.9 cm³/mol. The summed E-state index contributed by atoms with van der Waals surface area (Å²) < 4.78 is 0. The highest BCUT2D eigenvalue weighted by molar-refractivity contribution is 6.31. The van der Waals surface area contributed by atoms with Crippen LogP contribution in [-0.2, 0) is 11.8 Å². The number of halogens is 1. The molecule has 0 spiro atoms. The summed E-state index contributed by atoms with van der Waals surface area (Å²) in [5.41, 5.74) is 6.23. The number of hydrogen-bond donors (Lipinski definition) is 0. The summed E-state index contributed by atoms with van der Waals surface area (Å²) in [7, 11) is 0. The van der Waals surface area contributed by atoms with Crippen molar-refractivity contribution in [1.82, 2.24) is 4.98 Å². The molecule has 104 valence electrons. The summed E-state index contributed by atoms with van der Waals surface area (Å²) in [6.07, 6.45) is 1.01. The third-order valence-electron chi connectivity index (χ3n) is 4.40. The Labute approximate surface area is 129 Å². The van der Waals surface area contributed by atoms with Crippen LogP contribution in [0.25, 0.3) is 22.2 Å². The monoisotopic (exact) mass is 293 g/mol. The first-order valence-electron chi connectivity index (χ1n) is 7.24. The lowest BCUT2D eigenvalue weighted by Crippen LogP contribution is -2.26. The van der Waals surface area contributed by atoms with Gasteiger partial charge in [-0.2, -0.15) is 0 Å². The van der Waals surface area contributed by atoms with Crippen molar-refractivity contribution in [3.8, 4) is 11.3 Å². The van der Waals surface area contributed by atoms with Crippen LogP contribution < -0.4 is 0 Å². The van der Waals surface area contributed by atoms with Crippen LogP contribution in [0.15, 0.2) is 48.5 Å². The largest absolute Gasteiger partial charge is 0.247 e. The van der Waals surface area contributed by atoms with E-state index in [0.717, 1.165) is 28.0 Å². The highest BCUT2D eigenvalue weighted by Gasteiger charge is 2.31. The molecule has 2 aromatic carbocycles. The van der Waals surface area contributed by atoms with Gasteiger partial charge in [0.25, 0.3) is 0 Å². The first-order chi connectivity index (χ1) is 10.0. The molecule has 3 aromatic rings. The van der Waals surface area contributed by atoms with E-state index in [1.165, 1.54) is 16.7 Å². The zero-order chi connectivity index (χ0) is 14.6. The number of rotatable bonds is 0. The normalized spacial score (nSPS) is 15.6. The highest BCUT2D eigenvalue weighted by Crippen LogP contribution is 2.42. The molecule has 0 unspecified atom stereocenters. The van der Waals surface area contributed by atoms with Crippen molar-refractivity contribution in [2.75, 3.05) is 0 Å². The standard InChI is InChI=1S/C19H16ClN/c1-19(2)11-13-9-12-10-14(20)7-8-17(12)21-18(13)15-5-3-4-6-16(15)19/h3-10H,11H2,1-2H3. The van der Waals surface area contributed by atoms with Crippen LogP contribution in [0.4, 0.5) is 0 Å². The molecule has 1 aromatic heterocycles. The predicted octanol–water partition coefficient (Wildman–Crippen LogP) is 5.39. The van der Waals surface area contributed by atoms with Crippen molar-refractivity contribution in [1.29, 1.82) is 0 Å². The topological polar surface area (TPSA) is 12.9 Å². The maximum absolute atomic E-state index is 6.11. The average Bonchev–Trinajstić information content (AvgIpc) is 2.45. The van der Waals surface area contributed by atoms with E-state index in [-0.39, 0.29) is 5.41 Å². The second-order valence-corrected chi connectivity index (χ2v) is 6.88. The van der Waals surface area contributed by atoms with E-state index < -0.39 is 0 Å². The Balaban J connectivity index is 2.06. The van der Waals surface area contributed by atoms with Crippen LogP contribution in [0, 0.1) is 0 Å². The lowest BCUT2D eigenvalue weighted by molar-refractivity contribution is 0.516. The molecule has 0 radical (unpaired) electrons. The van der Waals surface area contributed by atoms with Gasteiger partial charge in [-0.05, 0) is 47.2 Å². The number of fused-ring (bicyclic) bond motifs is 4. The van der Waals surface area contributed by atoms with Gasteiger partial charge in [0.15, 0.2) is 0 Å². The fourth-order valence-electron chi connectivity index (χ4n) is 3.41. The minimum absolute atomic E-state index is 0.136. The van der Waals surface area contributed by atoms with Gasteiger partial charge < -0.3 is 0 Å². The molecule has 21 heavy (non-hydrogen) atoms. The van der Waals surface area contributed by atoms with Crippen LogP contribution >= 0.6 is 11.6 Å². The summed E-state index contributed by atoms with van der Waals surface area (Å²) in [5.74, 6) is 0. The van der Waals surface area contributed by atoms with Gasteiger partial charge in [0, 0.05) is 16.0 Å². The van der Waals surface area contributed by atoms with Gasteiger partial charge >= 0.3 is 0 Å². The molecule has 2 heteroatoms. The smallest absolute Gasteiger partial charge is 0.0744 e. The molecule has 0 aliphatic heterocycles. The van der Waals surface area contributed by atoms with Gasteiger partial charge in [-0.1, -0.05) is 49.7 Å². The van der Waals surface area contributed by atoms with Crippen molar-refractivity contribution >= 4 is 22.5 Å². The quantitative estimate of drug-likeness (QED) is 0.541. The average molecular weight is 294 g/mol. The van der Waals surface area contributed by atoms with E-state index in [2.05, 4.69) is 44.2 Å². The molecule has 0 N–H and O–H groups in total. The van der Waals surface area contributed by atoms with Crippen LogP contribution in [0.3, 0.4) is 0 Å². The van der Waals surface area contributed by atoms with E-state index in [0.29, 0.717) is 0 Å². The Hall–Kier alpha value is -1.86. The van der Waals surface area contributed by atoms with E-state index in [1.54, 1.807) is 0 Å². The fourth-order valence-corrected chi connectivity index (χ4v) is 3.59. The Morgan fingerprint density at radius 1 is 1.05 bits per heavy atom. The summed E-state index contributed by atoms with van der Waals surface area (Å²) in [6, 6.07) is 16.8. The molecular weight excluding hydrogens is 278 g/mol. The minimum Gasteiger partial charge on any atom is -0.247 e. The molecule has 0 bridgehead atoms. The van der Waals surface area contributed by atoms with Crippen molar-refractivity contribution in [2.45, 2.75) is 25.7 Å². The van der Waals surface area contributed by atoms with Gasteiger partial charge in [0.2, 0.25) is 0 Å².